The lowest BCUT2D eigenvalue weighted by atomic mass is 10.1. The first-order valence-electron chi connectivity index (χ1n) is 6.91. The first-order chi connectivity index (χ1) is 10.6. The summed E-state index contributed by atoms with van der Waals surface area (Å²) in [6.07, 6.45) is 0. The molecule has 0 aliphatic heterocycles. The summed E-state index contributed by atoms with van der Waals surface area (Å²) in [6.45, 7) is 9.61. The molecule has 0 spiro atoms. The summed E-state index contributed by atoms with van der Waals surface area (Å²) < 4.78 is 4.94. The molecule has 0 saturated carbocycles. The van der Waals surface area contributed by atoms with Gasteiger partial charge < -0.3 is 15.8 Å². The molecule has 0 bridgehead atoms. The van der Waals surface area contributed by atoms with Gasteiger partial charge in [-0.15, -0.1) is 0 Å². The summed E-state index contributed by atoms with van der Waals surface area (Å²) >= 11 is 0. The number of rotatable bonds is 5. The van der Waals surface area contributed by atoms with E-state index in [9.17, 15) is 4.79 Å². The maximum absolute atomic E-state index is 11.6. The second-order valence-corrected chi connectivity index (χ2v) is 4.65. The van der Waals surface area contributed by atoms with Crippen LogP contribution in [0.4, 0.5) is 17.1 Å². The van der Waals surface area contributed by atoms with Crippen molar-refractivity contribution < 1.29 is 9.53 Å². The van der Waals surface area contributed by atoms with E-state index in [-0.39, 0.29) is 5.97 Å². The fourth-order valence-corrected chi connectivity index (χ4v) is 1.98. The Morgan fingerprint density at radius 3 is 2.82 bits per heavy atom. The molecule has 0 unspecified atom stereocenters. The number of hydrogen-bond donors (Lipinski definition) is 2. The molecule has 0 aliphatic rings. The van der Waals surface area contributed by atoms with E-state index < -0.39 is 0 Å². The van der Waals surface area contributed by atoms with E-state index in [1.807, 2.05) is 12.1 Å². The fourth-order valence-electron chi connectivity index (χ4n) is 1.98. The third kappa shape index (κ3) is 3.76. The minimum atomic E-state index is -0.376. The molecule has 0 aromatic heterocycles. The van der Waals surface area contributed by atoms with Crippen LogP contribution in [-0.4, -0.2) is 12.6 Å². The number of esters is 1. The van der Waals surface area contributed by atoms with Gasteiger partial charge in [0.05, 0.1) is 18.7 Å². The van der Waals surface area contributed by atoms with Crippen LogP contribution >= 0.6 is 0 Å². The van der Waals surface area contributed by atoms with Crippen molar-refractivity contribution in [1.82, 2.24) is 0 Å². The van der Waals surface area contributed by atoms with Gasteiger partial charge in [-0.05, 0) is 36.8 Å². The van der Waals surface area contributed by atoms with Gasteiger partial charge in [0.15, 0.2) is 5.69 Å². The van der Waals surface area contributed by atoms with E-state index in [0.717, 1.165) is 11.3 Å². The number of hydrogen-bond acceptors (Lipinski definition) is 4. The van der Waals surface area contributed by atoms with Gasteiger partial charge >= 0.3 is 5.97 Å². The van der Waals surface area contributed by atoms with E-state index in [2.05, 4.69) is 10.2 Å². The second kappa shape index (κ2) is 7.14. The van der Waals surface area contributed by atoms with E-state index in [4.69, 9.17) is 17.0 Å². The summed E-state index contributed by atoms with van der Waals surface area (Å²) in [4.78, 5) is 15.0. The molecule has 0 heterocycles. The average molecular weight is 295 g/mol. The molecule has 0 fully saturated rings. The van der Waals surface area contributed by atoms with Gasteiger partial charge in [0.25, 0.3) is 0 Å². The number of nitrogens with one attached hydrogen (secondary N) is 1. The molecule has 2 aromatic rings. The number of nitrogens with zero attached hydrogens (tertiary/aromatic N) is 1. The topological polar surface area (TPSA) is 68.7 Å². The summed E-state index contributed by atoms with van der Waals surface area (Å²) in [5.74, 6) is -0.376. The SMILES string of the molecule is [C-]#[N+]c1cccc(NCc2ccc(C(=O)OCC)cc2N)c1. The summed E-state index contributed by atoms with van der Waals surface area (Å²) in [7, 11) is 0. The number of carbonyl (C=O) groups excluding carboxylic acids is 1. The number of carbonyl (C=O) groups is 1. The van der Waals surface area contributed by atoms with Crippen LogP contribution < -0.4 is 11.1 Å². The van der Waals surface area contributed by atoms with E-state index in [0.29, 0.717) is 30.1 Å². The van der Waals surface area contributed by atoms with Crippen LogP contribution in [0, 0.1) is 6.57 Å². The van der Waals surface area contributed by atoms with Crippen molar-refractivity contribution in [2.45, 2.75) is 13.5 Å². The molecule has 0 aliphatic carbocycles. The normalized spacial score (nSPS) is 9.82. The number of nitrogens with two attached hydrogens (primary N) is 1. The van der Waals surface area contributed by atoms with Gasteiger partial charge in [0.2, 0.25) is 0 Å². The molecule has 0 saturated heterocycles. The lowest BCUT2D eigenvalue weighted by Crippen LogP contribution is -2.08. The van der Waals surface area contributed by atoms with Crippen LogP contribution in [0.25, 0.3) is 4.85 Å². The van der Waals surface area contributed by atoms with Crippen LogP contribution in [0.1, 0.15) is 22.8 Å². The molecule has 2 aromatic carbocycles. The van der Waals surface area contributed by atoms with Crippen LogP contribution in [0.15, 0.2) is 42.5 Å². The zero-order chi connectivity index (χ0) is 15.9. The van der Waals surface area contributed by atoms with Crippen LogP contribution in [0.3, 0.4) is 0 Å². The minimum Gasteiger partial charge on any atom is -0.462 e. The molecule has 22 heavy (non-hydrogen) atoms. The molecule has 0 amide bonds. The molecular formula is C17H17N3O2. The predicted octanol–water partition coefficient (Wildman–Crippen LogP) is 3.61. The lowest BCUT2D eigenvalue weighted by Gasteiger charge is -2.10. The van der Waals surface area contributed by atoms with E-state index in [1.165, 1.54) is 0 Å². The molecule has 5 heteroatoms. The highest BCUT2D eigenvalue weighted by Gasteiger charge is 2.08. The third-order valence-corrected chi connectivity index (χ3v) is 3.12. The summed E-state index contributed by atoms with van der Waals surface area (Å²) in [5, 5.41) is 3.21. The standard InChI is InChI=1S/C17H17N3O2/c1-3-22-17(21)12-7-8-13(16(18)9-12)11-20-15-6-4-5-14(10-15)19-2/h4-10,20H,3,11,18H2,1H3. The minimum absolute atomic E-state index is 0.333. The van der Waals surface area contributed by atoms with Crippen molar-refractivity contribution in [2.24, 2.45) is 0 Å². The smallest absolute Gasteiger partial charge is 0.338 e. The van der Waals surface area contributed by atoms with Gasteiger partial charge in [0.1, 0.15) is 0 Å². The van der Waals surface area contributed by atoms with Crippen molar-refractivity contribution in [3.63, 3.8) is 0 Å². The Balaban J connectivity index is 2.07. The molecular weight excluding hydrogens is 278 g/mol. The van der Waals surface area contributed by atoms with Crippen molar-refractivity contribution in [2.75, 3.05) is 17.7 Å². The summed E-state index contributed by atoms with van der Waals surface area (Å²) in [6, 6.07) is 12.3. The van der Waals surface area contributed by atoms with E-state index >= 15 is 0 Å². The Labute approximate surface area is 129 Å². The lowest BCUT2D eigenvalue weighted by molar-refractivity contribution is 0.0526. The van der Waals surface area contributed by atoms with Gasteiger partial charge in [0, 0.05) is 17.9 Å². The number of nitrogen functional groups attached to an aromatic ring is 1. The van der Waals surface area contributed by atoms with Gasteiger partial charge in [-0.25, -0.2) is 9.64 Å². The maximum Gasteiger partial charge on any atom is 0.338 e. The molecule has 2 rings (SSSR count). The van der Waals surface area contributed by atoms with Crippen LogP contribution in [0.2, 0.25) is 0 Å². The number of ether oxygens (including phenoxy) is 1. The zero-order valence-electron chi connectivity index (χ0n) is 12.3. The second-order valence-electron chi connectivity index (χ2n) is 4.65. The maximum atomic E-state index is 11.6. The average Bonchev–Trinajstić information content (AvgIpc) is 2.54. The highest BCUT2D eigenvalue weighted by atomic mass is 16.5. The highest BCUT2D eigenvalue weighted by molar-refractivity contribution is 5.90. The number of benzene rings is 2. The van der Waals surface area contributed by atoms with Gasteiger partial charge in [-0.2, -0.15) is 0 Å². The Hall–Kier alpha value is -3.00. The Morgan fingerprint density at radius 1 is 1.32 bits per heavy atom. The first kappa shape index (κ1) is 15.4. The summed E-state index contributed by atoms with van der Waals surface area (Å²) in [5.41, 5.74) is 9.25. The Morgan fingerprint density at radius 2 is 2.14 bits per heavy atom. The molecule has 0 atom stereocenters. The molecule has 5 nitrogen and oxygen atoms in total. The predicted molar refractivity (Wildman–Crippen MR) is 86.8 cm³/mol. The van der Waals surface area contributed by atoms with Crippen molar-refractivity contribution in [1.29, 1.82) is 0 Å². The van der Waals surface area contributed by atoms with Crippen molar-refractivity contribution >= 4 is 23.0 Å². The van der Waals surface area contributed by atoms with Crippen molar-refractivity contribution in [3.05, 3.63) is 65.0 Å². The van der Waals surface area contributed by atoms with Crippen molar-refractivity contribution in [3.8, 4) is 0 Å². The van der Waals surface area contributed by atoms with Crippen LogP contribution in [-0.2, 0) is 11.3 Å². The zero-order valence-corrected chi connectivity index (χ0v) is 12.3. The Kier molecular flexibility index (Phi) is 4.99. The molecule has 3 N–H and O–H groups in total. The highest BCUT2D eigenvalue weighted by Crippen LogP contribution is 2.20. The molecule has 112 valence electrons. The van der Waals surface area contributed by atoms with E-state index in [1.54, 1.807) is 37.3 Å². The fraction of sp³-hybridized carbons (Fsp3) is 0.176. The quantitative estimate of drug-likeness (QED) is 0.502. The third-order valence-electron chi connectivity index (χ3n) is 3.12. The van der Waals surface area contributed by atoms with Gasteiger partial charge in [-0.3, -0.25) is 0 Å². The van der Waals surface area contributed by atoms with Gasteiger partial charge in [-0.1, -0.05) is 18.2 Å². The largest absolute Gasteiger partial charge is 0.462 e. The number of anilines is 2. The monoisotopic (exact) mass is 295 g/mol. The molecule has 0 radical (unpaired) electrons. The van der Waals surface area contributed by atoms with Crippen LogP contribution in [0.5, 0.6) is 0 Å². The first-order valence-corrected chi connectivity index (χ1v) is 6.91. The Bertz CT molecular complexity index is 720.